The molecule has 0 amide bonds. The van der Waals surface area contributed by atoms with Crippen LogP contribution in [0, 0.1) is 12.8 Å². The minimum absolute atomic E-state index is 0.0784. The van der Waals surface area contributed by atoms with Gasteiger partial charge in [0.15, 0.2) is 0 Å². The van der Waals surface area contributed by atoms with Crippen molar-refractivity contribution in [3.63, 3.8) is 0 Å². The highest BCUT2D eigenvalue weighted by atomic mass is 16.1. The summed E-state index contributed by atoms with van der Waals surface area (Å²) in [4.78, 5) is 13.8. The van der Waals surface area contributed by atoms with Crippen LogP contribution in [0.4, 0.5) is 5.69 Å². The molecule has 0 spiro atoms. The van der Waals surface area contributed by atoms with E-state index in [0.29, 0.717) is 6.04 Å². The number of aromatic amines is 1. The number of hydrogen-bond donors (Lipinski definition) is 2. The van der Waals surface area contributed by atoms with Gasteiger partial charge >= 0.3 is 0 Å². The normalized spacial score (nSPS) is 28.2. The van der Waals surface area contributed by atoms with Gasteiger partial charge in [-0.25, -0.2) is 5.10 Å². The first-order valence-electron chi connectivity index (χ1n) is 6.28. The van der Waals surface area contributed by atoms with Crippen molar-refractivity contribution in [2.24, 2.45) is 5.92 Å². The van der Waals surface area contributed by atoms with Crippen LogP contribution in [0.3, 0.4) is 0 Å². The summed E-state index contributed by atoms with van der Waals surface area (Å²) in [5, 5.41) is 9.95. The summed E-state index contributed by atoms with van der Waals surface area (Å²) in [5.41, 5.74) is 1.69. The molecule has 0 bridgehead atoms. The zero-order valence-corrected chi connectivity index (χ0v) is 10.1. The summed E-state index contributed by atoms with van der Waals surface area (Å²) >= 11 is 0. The molecule has 5 nitrogen and oxygen atoms in total. The summed E-state index contributed by atoms with van der Waals surface area (Å²) in [6, 6.07) is 0.586. The Bertz CT molecular complexity index is 456. The van der Waals surface area contributed by atoms with E-state index in [1.54, 1.807) is 6.20 Å². The standard InChI is InChI=1S/C12H18N4O/c1-8-11(5-14-15-12(8)17)16-6-9-3-2-4-13-10(9)7-16/h5,9-10,13H,2-4,6-7H2,1H3,(H,15,17)/t9-,10+/m0/s1. The van der Waals surface area contributed by atoms with Gasteiger partial charge in [0.25, 0.3) is 5.56 Å². The third-order valence-corrected chi connectivity index (χ3v) is 4.02. The highest BCUT2D eigenvalue weighted by molar-refractivity contribution is 5.51. The second kappa shape index (κ2) is 4.14. The fourth-order valence-electron chi connectivity index (χ4n) is 3.01. The maximum Gasteiger partial charge on any atom is 0.269 e. The van der Waals surface area contributed by atoms with Crippen molar-refractivity contribution in [2.45, 2.75) is 25.8 Å². The number of nitrogens with one attached hydrogen (secondary N) is 2. The molecule has 92 valence electrons. The number of hydrogen-bond acceptors (Lipinski definition) is 4. The van der Waals surface area contributed by atoms with Gasteiger partial charge in [0.05, 0.1) is 11.9 Å². The van der Waals surface area contributed by atoms with E-state index in [1.165, 1.54) is 12.8 Å². The van der Waals surface area contributed by atoms with Gasteiger partial charge in [-0.1, -0.05) is 0 Å². The van der Waals surface area contributed by atoms with Crippen molar-refractivity contribution in [1.82, 2.24) is 15.5 Å². The highest BCUT2D eigenvalue weighted by Crippen LogP contribution is 2.29. The van der Waals surface area contributed by atoms with E-state index in [9.17, 15) is 4.79 Å². The van der Waals surface area contributed by atoms with E-state index in [2.05, 4.69) is 20.4 Å². The van der Waals surface area contributed by atoms with E-state index in [1.807, 2.05) is 6.92 Å². The molecule has 2 fully saturated rings. The number of rotatable bonds is 1. The molecule has 0 aromatic carbocycles. The Balaban J connectivity index is 1.86. The number of aromatic nitrogens is 2. The van der Waals surface area contributed by atoms with Crippen LogP contribution in [0.25, 0.3) is 0 Å². The molecule has 0 unspecified atom stereocenters. The molecule has 2 atom stereocenters. The molecule has 3 heterocycles. The fraction of sp³-hybridized carbons (Fsp3) is 0.667. The Labute approximate surface area is 100 Å². The maximum absolute atomic E-state index is 11.6. The van der Waals surface area contributed by atoms with Crippen LogP contribution in [0.5, 0.6) is 0 Å². The van der Waals surface area contributed by atoms with E-state index >= 15 is 0 Å². The average molecular weight is 234 g/mol. The maximum atomic E-state index is 11.6. The zero-order chi connectivity index (χ0) is 11.8. The predicted octanol–water partition coefficient (Wildman–Crippen LogP) is 0.267. The average Bonchev–Trinajstić information content (AvgIpc) is 2.76. The third-order valence-electron chi connectivity index (χ3n) is 4.02. The lowest BCUT2D eigenvalue weighted by molar-refractivity contribution is 0.340. The van der Waals surface area contributed by atoms with Gasteiger partial charge in [0.1, 0.15) is 0 Å². The summed E-state index contributed by atoms with van der Waals surface area (Å²) < 4.78 is 0. The van der Waals surface area contributed by atoms with Gasteiger partial charge in [-0.15, -0.1) is 0 Å². The van der Waals surface area contributed by atoms with Crippen molar-refractivity contribution in [3.8, 4) is 0 Å². The molecule has 3 rings (SSSR count). The minimum Gasteiger partial charge on any atom is -0.368 e. The fourth-order valence-corrected chi connectivity index (χ4v) is 3.01. The van der Waals surface area contributed by atoms with Crippen molar-refractivity contribution < 1.29 is 0 Å². The van der Waals surface area contributed by atoms with Gasteiger partial charge < -0.3 is 10.2 Å². The van der Waals surface area contributed by atoms with Crippen molar-refractivity contribution in [1.29, 1.82) is 0 Å². The van der Waals surface area contributed by atoms with E-state index in [-0.39, 0.29) is 5.56 Å². The molecular formula is C12H18N4O. The third kappa shape index (κ3) is 1.84. The lowest BCUT2D eigenvalue weighted by Crippen LogP contribution is -2.40. The topological polar surface area (TPSA) is 61.0 Å². The van der Waals surface area contributed by atoms with Gasteiger partial charge in [-0.3, -0.25) is 4.79 Å². The molecule has 2 N–H and O–H groups in total. The van der Waals surface area contributed by atoms with Crippen LogP contribution in [0.2, 0.25) is 0 Å². The van der Waals surface area contributed by atoms with E-state index < -0.39 is 0 Å². The first-order chi connectivity index (χ1) is 8.25. The zero-order valence-electron chi connectivity index (χ0n) is 10.1. The number of piperidine rings is 1. The smallest absolute Gasteiger partial charge is 0.269 e. The number of anilines is 1. The second-order valence-electron chi connectivity index (χ2n) is 5.08. The Morgan fingerprint density at radius 2 is 2.35 bits per heavy atom. The second-order valence-corrected chi connectivity index (χ2v) is 5.08. The predicted molar refractivity (Wildman–Crippen MR) is 66.3 cm³/mol. The van der Waals surface area contributed by atoms with Gasteiger partial charge in [-0.2, -0.15) is 5.10 Å². The quantitative estimate of drug-likeness (QED) is 0.732. The van der Waals surface area contributed by atoms with Crippen molar-refractivity contribution in [3.05, 3.63) is 22.1 Å². The molecule has 0 saturated carbocycles. The Morgan fingerprint density at radius 1 is 1.47 bits per heavy atom. The molecule has 2 aliphatic rings. The lowest BCUT2D eigenvalue weighted by atomic mass is 9.94. The monoisotopic (exact) mass is 234 g/mol. The lowest BCUT2D eigenvalue weighted by Gasteiger charge is -2.24. The summed E-state index contributed by atoms with van der Waals surface area (Å²) in [6.07, 6.45) is 4.33. The molecule has 5 heteroatoms. The van der Waals surface area contributed by atoms with Gasteiger partial charge in [0.2, 0.25) is 0 Å². The highest BCUT2D eigenvalue weighted by Gasteiger charge is 2.34. The summed E-state index contributed by atoms with van der Waals surface area (Å²) in [5.74, 6) is 0.724. The first kappa shape index (κ1) is 10.8. The largest absolute Gasteiger partial charge is 0.368 e. The van der Waals surface area contributed by atoms with Crippen LogP contribution in [-0.4, -0.2) is 35.9 Å². The molecule has 2 aliphatic heterocycles. The number of H-pyrrole nitrogens is 1. The molecular weight excluding hydrogens is 216 g/mol. The number of fused-ring (bicyclic) bond motifs is 1. The van der Waals surface area contributed by atoms with E-state index in [4.69, 9.17) is 0 Å². The van der Waals surface area contributed by atoms with Crippen LogP contribution < -0.4 is 15.8 Å². The minimum atomic E-state index is -0.0784. The van der Waals surface area contributed by atoms with E-state index in [0.717, 1.165) is 36.8 Å². The van der Waals surface area contributed by atoms with Crippen molar-refractivity contribution >= 4 is 5.69 Å². The Morgan fingerprint density at radius 3 is 3.18 bits per heavy atom. The van der Waals surface area contributed by atoms with Crippen molar-refractivity contribution in [2.75, 3.05) is 24.5 Å². The summed E-state index contributed by atoms with van der Waals surface area (Å²) in [7, 11) is 0. The van der Waals surface area contributed by atoms with Crippen LogP contribution in [0.15, 0.2) is 11.0 Å². The van der Waals surface area contributed by atoms with Gasteiger partial charge in [-0.05, 0) is 32.2 Å². The Kier molecular flexibility index (Phi) is 2.63. The van der Waals surface area contributed by atoms with Crippen LogP contribution >= 0.6 is 0 Å². The molecule has 17 heavy (non-hydrogen) atoms. The first-order valence-corrected chi connectivity index (χ1v) is 6.28. The molecule has 2 saturated heterocycles. The van der Waals surface area contributed by atoms with Crippen LogP contribution in [-0.2, 0) is 0 Å². The molecule has 0 aliphatic carbocycles. The molecule has 0 radical (unpaired) electrons. The summed E-state index contributed by atoms with van der Waals surface area (Å²) in [6.45, 7) is 5.03. The SMILES string of the molecule is Cc1c(N2C[C@@H]3CCCN[C@@H]3C2)cn[nH]c1=O. The molecule has 1 aromatic rings. The molecule has 1 aromatic heterocycles. The number of nitrogens with zero attached hydrogens (tertiary/aromatic N) is 2. The van der Waals surface area contributed by atoms with Gasteiger partial charge in [0, 0.05) is 24.7 Å². The van der Waals surface area contributed by atoms with Crippen LogP contribution in [0.1, 0.15) is 18.4 Å². The Hall–Kier alpha value is -1.36.